The number of hydrogen-bond donors (Lipinski definition) is 2. The van der Waals surface area contributed by atoms with Gasteiger partial charge in [0.1, 0.15) is 0 Å². The number of nitrogens with one attached hydrogen (secondary N) is 2. The lowest BCUT2D eigenvalue weighted by atomic mass is 10.2. The molecule has 1 aliphatic rings. The Balaban J connectivity index is 1.86. The molecule has 22 heavy (non-hydrogen) atoms. The third-order valence-corrected chi connectivity index (χ3v) is 3.87. The molecule has 2 amide bonds. The molecule has 0 unspecified atom stereocenters. The molecule has 0 atom stereocenters. The Morgan fingerprint density at radius 1 is 1.09 bits per heavy atom. The van der Waals surface area contributed by atoms with Gasteiger partial charge in [0.2, 0.25) is 11.8 Å². The highest BCUT2D eigenvalue weighted by molar-refractivity contribution is 5.91. The molecule has 0 aliphatic carbocycles. The van der Waals surface area contributed by atoms with E-state index in [2.05, 4.69) is 10.6 Å². The number of benzene rings is 1. The van der Waals surface area contributed by atoms with E-state index in [0.29, 0.717) is 13.0 Å². The van der Waals surface area contributed by atoms with E-state index in [1.807, 2.05) is 36.1 Å². The predicted molar refractivity (Wildman–Crippen MR) is 88.9 cm³/mol. The van der Waals surface area contributed by atoms with Crippen molar-refractivity contribution >= 4 is 23.2 Å². The first-order valence-corrected chi connectivity index (χ1v) is 8.10. The van der Waals surface area contributed by atoms with Gasteiger partial charge in [-0.1, -0.05) is 25.8 Å². The van der Waals surface area contributed by atoms with E-state index in [-0.39, 0.29) is 11.8 Å². The van der Waals surface area contributed by atoms with Crippen molar-refractivity contribution in [3.63, 3.8) is 0 Å². The summed E-state index contributed by atoms with van der Waals surface area (Å²) in [6.07, 6.45) is 5.09. The van der Waals surface area contributed by atoms with E-state index in [1.165, 1.54) is 12.8 Å². The van der Waals surface area contributed by atoms with E-state index < -0.39 is 0 Å². The van der Waals surface area contributed by atoms with Gasteiger partial charge in [-0.25, -0.2) is 0 Å². The van der Waals surface area contributed by atoms with E-state index >= 15 is 0 Å². The van der Waals surface area contributed by atoms with Crippen LogP contribution in [0.3, 0.4) is 0 Å². The van der Waals surface area contributed by atoms with Crippen molar-refractivity contribution in [3.05, 3.63) is 24.3 Å². The lowest BCUT2D eigenvalue weighted by molar-refractivity contribution is -0.129. The molecular weight excluding hydrogens is 278 g/mol. The summed E-state index contributed by atoms with van der Waals surface area (Å²) < 4.78 is 0. The molecule has 0 aromatic heterocycles. The molecule has 0 radical (unpaired) electrons. The Morgan fingerprint density at radius 2 is 1.77 bits per heavy atom. The van der Waals surface area contributed by atoms with Gasteiger partial charge in [-0.3, -0.25) is 9.59 Å². The minimum atomic E-state index is -0.0159. The van der Waals surface area contributed by atoms with Crippen molar-refractivity contribution in [3.8, 4) is 0 Å². The minimum absolute atomic E-state index is 0.0159. The molecule has 1 aliphatic heterocycles. The zero-order valence-corrected chi connectivity index (χ0v) is 13.2. The van der Waals surface area contributed by atoms with Crippen LogP contribution in [0, 0.1) is 0 Å². The zero-order chi connectivity index (χ0) is 15.8. The van der Waals surface area contributed by atoms with Gasteiger partial charge in [0.25, 0.3) is 0 Å². The molecule has 1 heterocycles. The molecular formula is C17H25N3O2. The summed E-state index contributed by atoms with van der Waals surface area (Å²) in [5.74, 6) is 0.127. The van der Waals surface area contributed by atoms with Crippen molar-refractivity contribution in [1.29, 1.82) is 0 Å². The number of hydrogen-bond acceptors (Lipinski definition) is 3. The van der Waals surface area contributed by atoms with Crippen LogP contribution in [-0.2, 0) is 9.59 Å². The van der Waals surface area contributed by atoms with Gasteiger partial charge in [0.15, 0.2) is 0 Å². The zero-order valence-electron chi connectivity index (χ0n) is 13.2. The summed E-state index contributed by atoms with van der Waals surface area (Å²) in [5.41, 5.74) is 1.59. The molecule has 1 aromatic rings. The predicted octanol–water partition coefficient (Wildman–Crippen LogP) is 2.85. The van der Waals surface area contributed by atoms with Gasteiger partial charge in [0, 0.05) is 30.9 Å². The maximum absolute atomic E-state index is 12.2. The normalized spacial score (nSPS) is 15.0. The first kappa shape index (κ1) is 16.3. The van der Waals surface area contributed by atoms with Crippen molar-refractivity contribution in [2.24, 2.45) is 0 Å². The topological polar surface area (TPSA) is 61.4 Å². The van der Waals surface area contributed by atoms with Crippen molar-refractivity contribution in [2.45, 2.75) is 39.0 Å². The van der Waals surface area contributed by atoms with Crippen LogP contribution < -0.4 is 10.6 Å². The quantitative estimate of drug-likeness (QED) is 0.879. The van der Waals surface area contributed by atoms with Gasteiger partial charge in [-0.2, -0.15) is 0 Å². The van der Waals surface area contributed by atoms with E-state index in [1.54, 1.807) is 0 Å². The molecule has 0 saturated carbocycles. The fourth-order valence-corrected chi connectivity index (χ4v) is 2.57. The molecule has 5 nitrogen and oxygen atoms in total. The second-order valence-electron chi connectivity index (χ2n) is 5.63. The molecule has 0 spiro atoms. The lowest BCUT2D eigenvalue weighted by Crippen LogP contribution is -2.36. The van der Waals surface area contributed by atoms with Crippen molar-refractivity contribution in [1.82, 2.24) is 4.90 Å². The first-order valence-electron chi connectivity index (χ1n) is 8.10. The van der Waals surface area contributed by atoms with Gasteiger partial charge < -0.3 is 15.5 Å². The second-order valence-corrected chi connectivity index (χ2v) is 5.63. The molecule has 0 bridgehead atoms. The monoisotopic (exact) mass is 303 g/mol. The second kappa shape index (κ2) is 8.41. The van der Waals surface area contributed by atoms with E-state index in [9.17, 15) is 9.59 Å². The van der Waals surface area contributed by atoms with Gasteiger partial charge in [0.05, 0.1) is 6.54 Å². The Morgan fingerprint density at radius 3 is 2.45 bits per heavy atom. The van der Waals surface area contributed by atoms with Gasteiger partial charge in [-0.15, -0.1) is 0 Å². The summed E-state index contributed by atoms with van der Waals surface area (Å²) in [6.45, 7) is 3.85. The number of likely N-dealkylation sites (tertiary alicyclic amines) is 1. The summed E-state index contributed by atoms with van der Waals surface area (Å²) in [5, 5.41) is 5.97. The fourth-order valence-electron chi connectivity index (χ4n) is 2.57. The molecule has 120 valence electrons. The third-order valence-electron chi connectivity index (χ3n) is 3.87. The Bertz CT molecular complexity index is 508. The van der Waals surface area contributed by atoms with Crippen molar-refractivity contribution in [2.75, 3.05) is 30.3 Å². The SMILES string of the molecule is CCC(=O)Nc1cccc(NCC(=O)N2CCCCCC2)c1. The molecule has 2 rings (SSSR count). The number of nitrogens with zero attached hydrogens (tertiary/aromatic N) is 1. The Hall–Kier alpha value is -2.04. The highest BCUT2D eigenvalue weighted by Gasteiger charge is 2.14. The summed E-state index contributed by atoms with van der Waals surface area (Å²) in [6, 6.07) is 7.46. The van der Waals surface area contributed by atoms with Crippen molar-refractivity contribution < 1.29 is 9.59 Å². The van der Waals surface area contributed by atoms with Crippen LogP contribution in [0.25, 0.3) is 0 Å². The van der Waals surface area contributed by atoms with Crippen LogP contribution in [-0.4, -0.2) is 36.3 Å². The smallest absolute Gasteiger partial charge is 0.241 e. The number of rotatable bonds is 5. The minimum Gasteiger partial charge on any atom is -0.376 e. The number of carbonyl (C=O) groups excluding carboxylic acids is 2. The molecule has 1 saturated heterocycles. The molecule has 2 N–H and O–H groups in total. The number of carbonyl (C=O) groups is 2. The van der Waals surface area contributed by atoms with Gasteiger partial charge >= 0.3 is 0 Å². The lowest BCUT2D eigenvalue weighted by Gasteiger charge is -2.20. The standard InChI is InChI=1S/C17H25N3O2/c1-2-16(21)19-15-9-7-8-14(12-15)18-13-17(22)20-10-5-3-4-6-11-20/h7-9,12,18H,2-6,10-11,13H2,1H3,(H,19,21). The van der Waals surface area contributed by atoms with Crippen LogP contribution in [0.5, 0.6) is 0 Å². The van der Waals surface area contributed by atoms with Crippen LogP contribution in [0.2, 0.25) is 0 Å². The van der Waals surface area contributed by atoms with E-state index in [0.717, 1.165) is 37.3 Å². The summed E-state index contributed by atoms with van der Waals surface area (Å²) in [7, 11) is 0. The third kappa shape index (κ3) is 5.06. The van der Waals surface area contributed by atoms with Crippen LogP contribution in [0.15, 0.2) is 24.3 Å². The summed E-state index contributed by atoms with van der Waals surface area (Å²) >= 11 is 0. The largest absolute Gasteiger partial charge is 0.376 e. The average Bonchev–Trinajstić information content (AvgIpc) is 2.82. The number of anilines is 2. The Kier molecular flexibility index (Phi) is 6.25. The Labute approximate surface area is 132 Å². The fraction of sp³-hybridized carbons (Fsp3) is 0.529. The van der Waals surface area contributed by atoms with Crippen LogP contribution in [0.4, 0.5) is 11.4 Å². The van der Waals surface area contributed by atoms with E-state index in [4.69, 9.17) is 0 Å². The highest BCUT2D eigenvalue weighted by Crippen LogP contribution is 2.15. The maximum Gasteiger partial charge on any atom is 0.241 e. The maximum atomic E-state index is 12.2. The number of amides is 2. The van der Waals surface area contributed by atoms with Crippen LogP contribution >= 0.6 is 0 Å². The first-order chi connectivity index (χ1) is 10.7. The highest BCUT2D eigenvalue weighted by atomic mass is 16.2. The average molecular weight is 303 g/mol. The van der Waals surface area contributed by atoms with Crippen LogP contribution in [0.1, 0.15) is 39.0 Å². The summed E-state index contributed by atoms with van der Waals surface area (Å²) in [4.78, 5) is 25.6. The molecule has 1 fully saturated rings. The molecule has 5 heteroatoms. The van der Waals surface area contributed by atoms with Gasteiger partial charge in [-0.05, 0) is 31.0 Å². The molecule has 1 aromatic carbocycles.